The van der Waals surface area contributed by atoms with Crippen LogP contribution in [0.1, 0.15) is 45.4 Å². The van der Waals surface area contributed by atoms with Crippen molar-refractivity contribution in [3.05, 3.63) is 0 Å². The van der Waals surface area contributed by atoms with Crippen molar-refractivity contribution < 1.29 is 19.5 Å². The number of unbranched alkanes of at least 4 members (excludes halogenated alkanes) is 3. The van der Waals surface area contributed by atoms with E-state index in [9.17, 15) is 14.4 Å². The molecule has 0 spiro atoms. The quantitative estimate of drug-likeness (QED) is 0.526. The lowest BCUT2D eigenvalue weighted by Crippen LogP contribution is -2.42. The number of carbonyl (C=O) groups excluding carboxylic acids is 2. The minimum absolute atomic E-state index is 0.0335. The zero-order valence-electron chi connectivity index (χ0n) is 11.6. The Hall–Kier alpha value is -1.37. The molecule has 1 atom stereocenters. The monoisotopic (exact) mass is 300 g/mol. The molecule has 2 N–H and O–H groups in total. The first kappa shape index (κ1) is 16.7. The highest BCUT2D eigenvalue weighted by atomic mass is 32.2. The molecule has 1 aliphatic rings. The van der Waals surface area contributed by atoms with Crippen molar-refractivity contribution >= 4 is 34.7 Å². The standard InChI is InChI=1S/C13H20N2O4S/c1-2-3-4-5-6-9-11(18)14-13(15-12(9)19)20-8-7-10(16)17/h9H,2-8H2,1H3,(H,16,17)(H,14,15,18,19). The maximum atomic E-state index is 11.8. The van der Waals surface area contributed by atoms with Crippen LogP contribution >= 0.6 is 11.8 Å². The summed E-state index contributed by atoms with van der Waals surface area (Å²) in [4.78, 5) is 37.8. The number of aliphatic imine (C=N–C) groups is 1. The van der Waals surface area contributed by atoms with Gasteiger partial charge in [0.2, 0.25) is 5.91 Å². The second-order valence-corrected chi connectivity index (χ2v) is 5.72. The van der Waals surface area contributed by atoms with Gasteiger partial charge in [-0.25, -0.2) is 0 Å². The summed E-state index contributed by atoms with van der Waals surface area (Å²) in [5, 5.41) is 11.3. The number of aliphatic carboxylic acids is 1. The predicted molar refractivity (Wildman–Crippen MR) is 77.5 cm³/mol. The summed E-state index contributed by atoms with van der Waals surface area (Å²) in [6, 6.07) is 0. The number of carboxylic acid groups (broad SMARTS) is 1. The van der Waals surface area contributed by atoms with Crippen molar-refractivity contribution in [2.75, 3.05) is 5.75 Å². The lowest BCUT2D eigenvalue weighted by molar-refractivity contribution is -0.136. The number of rotatable bonds is 8. The van der Waals surface area contributed by atoms with E-state index >= 15 is 0 Å². The Morgan fingerprint density at radius 3 is 2.70 bits per heavy atom. The molecule has 20 heavy (non-hydrogen) atoms. The summed E-state index contributed by atoms with van der Waals surface area (Å²) in [5.74, 6) is -2.05. The van der Waals surface area contributed by atoms with Gasteiger partial charge in [-0.15, -0.1) is 0 Å². The number of hydrogen-bond acceptors (Lipinski definition) is 4. The van der Waals surface area contributed by atoms with E-state index in [2.05, 4.69) is 17.2 Å². The predicted octanol–water partition coefficient (Wildman–Crippen LogP) is 1.79. The molecule has 1 aliphatic heterocycles. The number of carbonyl (C=O) groups is 3. The maximum absolute atomic E-state index is 11.8. The highest BCUT2D eigenvalue weighted by molar-refractivity contribution is 8.13. The second-order valence-electron chi connectivity index (χ2n) is 4.64. The first-order valence-corrected chi connectivity index (χ1v) is 7.81. The van der Waals surface area contributed by atoms with Crippen LogP contribution in [-0.4, -0.2) is 33.8 Å². The molecule has 0 saturated carbocycles. The van der Waals surface area contributed by atoms with Gasteiger partial charge in [0.1, 0.15) is 5.92 Å². The number of carboxylic acids is 1. The molecule has 6 nitrogen and oxygen atoms in total. The average molecular weight is 300 g/mol. The topological polar surface area (TPSA) is 95.8 Å². The molecule has 7 heteroatoms. The van der Waals surface area contributed by atoms with Crippen LogP contribution in [-0.2, 0) is 14.4 Å². The molecular weight excluding hydrogens is 280 g/mol. The highest BCUT2D eigenvalue weighted by Crippen LogP contribution is 2.18. The fraction of sp³-hybridized carbons (Fsp3) is 0.692. The summed E-state index contributed by atoms with van der Waals surface area (Å²) in [6.45, 7) is 2.10. The van der Waals surface area contributed by atoms with Crippen molar-refractivity contribution in [1.29, 1.82) is 0 Å². The number of nitrogens with one attached hydrogen (secondary N) is 1. The summed E-state index contributed by atoms with van der Waals surface area (Å²) in [5.41, 5.74) is 0. The molecule has 0 aliphatic carbocycles. The SMILES string of the molecule is CCCCCCC1C(=O)N=C(SCCC(=O)O)NC1=O. The van der Waals surface area contributed by atoms with Crippen LogP contribution in [0.5, 0.6) is 0 Å². The minimum Gasteiger partial charge on any atom is -0.481 e. The second kappa shape index (κ2) is 8.73. The summed E-state index contributed by atoms with van der Waals surface area (Å²) >= 11 is 1.08. The third kappa shape index (κ3) is 5.73. The maximum Gasteiger partial charge on any atom is 0.304 e. The largest absolute Gasteiger partial charge is 0.481 e. The number of thioether (sulfide) groups is 1. The van der Waals surface area contributed by atoms with E-state index in [-0.39, 0.29) is 23.2 Å². The Morgan fingerprint density at radius 2 is 2.10 bits per heavy atom. The molecule has 1 heterocycles. The molecule has 0 aromatic carbocycles. The fourth-order valence-electron chi connectivity index (χ4n) is 1.84. The van der Waals surface area contributed by atoms with Gasteiger partial charge in [0.05, 0.1) is 6.42 Å². The van der Waals surface area contributed by atoms with Gasteiger partial charge >= 0.3 is 5.97 Å². The third-order valence-electron chi connectivity index (χ3n) is 2.96. The van der Waals surface area contributed by atoms with Gasteiger partial charge < -0.3 is 10.4 Å². The van der Waals surface area contributed by atoms with Crippen LogP contribution in [0, 0.1) is 5.92 Å². The Bertz CT molecular complexity index is 409. The summed E-state index contributed by atoms with van der Waals surface area (Å²) < 4.78 is 0. The van der Waals surface area contributed by atoms with Gasteiger partial charge in [0, 0.05) is 5.75 Å². The first-order valence-electron chi connectivity index (χ1n) is 6.82. The van der Waals surface area contributed by atoms with E-state index in [1.54, 1.807) is 0 Å². The Labute approximate surface area is 122 Å². The van der Waals surface area contributed by atoms with Crippen LogP contribution in [0.4, 0.5) is 0 Å². The van der Waals surface area contributed by atoms with Crippen LogP contribution < -0.4 is 5.32 Å². The molecule has 0 aromatic rings. The van der Waals surface area contributed by atoms with Crippen molar-refractivity contribution in [3.8, 4) is 0 Å². The Morgan fingerprint density at radius 1 is 1.35 bits per heavy atom. The van der Waals surface area contributed by atoms with Crippen LogP contribution in [0.15, 0.2) is 4.99 Å². The van der Waals surface area contributed by atoms with E-state index in [4.69, 9.17) is 5.11 Å². The van der Waals surface area contributed by atoms with E-state index < -0.39 is 17.8 Å². The van der Waals surface area contributed by atoms with Crippen molar-refractivity contribution in [2.24, 2.45) is 10.9 Å². The van der Waals surface area contributed by atoms with Gasteiger partial charge in [-0.3, -0.25) is 14.4 Å². The smallest absolute Gasteiger partial charge is 0.304 e. The number of hydrogen-bond donors (Lipinski definition) is 2. The van der Waals surface area contributed by atoms with E-state index in [0.717, 1.165) is 37.4 Å². The van der Waals surface area contributed by atoms with Crippen molar-refractivity contribution in [2.45, 2.75) is 45.4 Å². The molecule has 0 aromatic heterocycles. The number of amides is 2. The number of nitrogens with zero attached hydrogens (tertiary/aromatic N) is 1. The molecule has 0 fully saturated rings. The van der Waals surface area contributed by atoms with Crippen LogP contribution in [0.2, 0.25) is 0 Å². The molecular formula is C13H20N2O4S. The minimum atomic E-state index is -0.916. The van der Waals surface area contributed by atoms with E-state index in [0.29, 0.717) is 6.42 Å². The highest BCUT2D eigenvalue weighted by Gasteiger charge is 2.31. The van der Waals surface area contributed by atoms with Gasteiger partial charge in [-0.1, -0.05) is 44.4 Å². The van der Waals surface area contributed by atoms with Gasteiger partial charge in [0.25, 0.3) is 5.91 Å². The fourth-order valence-corrected chi connectivity index (χ4v) is 2.64. The van der Waals surface area contributed by atoms with Crippen molar-refractivity contribution in [3.63, 3.8) is 0 Å². The zero-order chi connectivity index (χ0) is 15.0. The summed E-state index contributed by atoms with van der Waals surface area (Å²) in [6.07, 6.45) is 4.55. The molecule has 0 bridgehead atoms. The van der Waals surface area contributed by atoms with E-state index in [1.165, 1.54) is 0 Å². The van der Waals surface area contributed by atoms with Crippen LogP contribution in [0.3, 0.4) is 0 Å². The Balaban J connectivity index is 2.43. The molecule has 0 saturated heterocycles. The molecule has 1 rings (SSSR count). The summed E-state index contributed by atoms with van der Waals surface area (Å²) in [7, 11) is 0. The van der Waals surface area contributed by atoms with Crippen LogP contribution in [0.25, 0.3) is 0 Å². The first-order chi connectivity index (χ1) is 9.54. The molecule has 0 radical (unpaired) electrons. The van der Waals surface area contributed by atoms with Crippen molar-refractivity contribution in [1.82, 2.24) is 5.32 Å². The van der Waals surface area contributed by atoms with Gasteiger partial charge in [-0.2, -0.15) is 4.99 Å². The van der Waals surface area contributed by atoms with Gasteiger partial charge in [-0.05, 0) is 6.42 Å². The zero-order valence-corrected chi connectivity index (χ0v) is 12.4. The molecule has 2 amide bonds. The lowest BCUT2D eigenvalue weighted by Gasteiger charge is -2.19. The average Bonchev–Trinajstić information content (AvgIpc) is 2.36. The number of amidine groups is 1. The third-order valence-corrected chi connectivity index (χ3v) is 3.83. The normalized spacial score (nSPS) is 18.6. The van der Waals surface area contributed by atoms with E-state index in [1.807, 2.05) is 0 Å². The Kier molecular flexibility index (Phi) is 7.28. The van der Waals surface area contributed by atoms with Gasteiger partial charge in [0.15, 0.2) is 5.17 Å². The molecule has 1 unspecified atom stereocenters. The molecule has 112 valence electrons. The lowest BCUT2D eigenvalue weighted by atomic mass is 9.98.